The molecule has 0 radical (unpaired) electrons. The van der Waals surface area contributed by atoms with Gasteiger partial charge in [-0.1, -0.05) is 32.9 Å². The van der Waals surface area contributed by atoms with Crippen LogP contribution < -0.4 is 0 Å². The zero-order chi connectivity index (χ0) is 21.1. The Bertz CT molecular complexity index is 763. The topological polar surface area (TPSA) is 29.5 Å². The number of benzene rings is 1. The molecule has 1 aromatic rings. The highest BCUT2D eigenvalue weighted by atomic mass is 28.4. The third kappa shape index (κ3) is 3.24. The summed E-state index contributed by atoms with van der Waals surface area (Å²) in [6, 6.07) is 5.21. The van der Waals surface area contributed by atoms with Crippen LogP contribution in [0.2, 0.25) is 18.1 Å². The second kappa shape index (κ2) is 6.66. The minimum Gasteiger partial charge on any atom is -0.410 e. The summed E-state index contributed by atoms with van der Waals surface area (Å²) in [7, 11) is -2.01. The van der Waals surface area contributed by atoms with E-state index in [9.17, 15) is 9.18 Å². The summed E-state index contributed by atoms with van der Waals surface area (Å²) in [5.41, 5.74) is 0.657. The molecule has 28 heavy (non-hydrogen) atoms. The monoisotopic (exact) mass is 405 g/mol. The molecule has 2 atom stereocenters. The van der Waals surface area contributed by atoms with Gasteiger partial charge in [-0.05, 0) is 69.8 Å². The van der Waals surface area contributed by atoms with Gasteiger partial charge in [-0.2, -0.15) is 0 Å². The van der Waals surface area contributed by atoms with Crippen molar-refractivity contribution in [2.24, 2.45) is 0 Å². The summed E-state index contributed by atoms with van der Waals surface area (Å²) >= 11 is 0. The van der Waals surface area contributed by atoms with Gasteiger partial charge in [0.25, 0.3) is 0 Å². The summed E-state index contributed by atoms with van der Waals surface area (Å²) in [5, 5.41) is 0.0944. The van der Waals surface area contributed by atoms with Crippen LogP contribution in [0.1, 0.15) is 71.4 Å². The van der Waals surface area contributed by atoms with Crippen molar-refractivity contribution in [1.29, 1.82) is 0 Å². The lowest BCUT2D eigenvalue weighted by atomic mass is 9.83. The van der Waals surface area contributed by atoms with Crippen LogP contribution in [0.25, 0.3) is 0 Å². The van der Waals surface area contributed by atoms with E-state index in [-0.39, 0.29) is 22.8 Å². The van der Waals surface area contributed by atoms with Gasteiger partial charge >= 0.3 is 0 Å². The lowest BCUT2D eigenvalue weighted by molar-refractivity contribution is -0.136. The normalized spacial score (nSPS) is 26.1. The Kier molecular flexibility index (Phi) is 5.12. The second-order valence-corrected chi connectivity index (χ2v) is 15.5. The van der Waals surface area contributed by atoms with Crippen LogP contribution in [0.4, 0.5) is 4.39 Å². The molecule has 2 fully saturated rings. The number of hydrogen-bond acceptors (Lipinski definition) is 2. The van der Waals surface area contributed by atoms with Crippen LogP contribution in [0, 0.1) is 12.7 Å². The fourth-order valence-corrected chi connectivity index (χ4v) is 6.90. The molecular formula is C23H36FNO2Si. The lowest BCUT2D eigenvalue weighted by Gasteiger charge is -2.48. The number of aryl methyl sites for hydroxylation is 1. The Morgan fingerprint density at radius 2 is 1.82 bits per heavy atom. The first-order valence-electron chi connectivity index (χ1n) is 10.5. The Morgan fingerprint density at radius 3 is 2.39 bits per heavy atom. The van der Waals surface area contributed by atoms with Crippen molar-refractivity contribution in [3.05, 3.63) is 35.1 Å². The van der Waals surface area contributed by atoms with E-state index in [4.69, 9.17) is 4.43 Å². The Balaban J connectivity index is 2.01. The van der Waals surface area contributed by atoms with Gasteiger partial charge in [-0.3, -0.25) is 4.79 Å². The van der Waals surface area contributed by atoms with E-state index < -0.39 is 19.5 Å². The van der Waals surface area contributed by atoms with Gasteiger partial charge in [0.15, 0.2) is 8.32 Å². The molecule has 0 bridgehead atoms. The quantitative estimate of drug-likeness (QED) is 0.582. The predicted octanol–water partition coefficient (Wildman–Crippen LogP) is 5.91. The molecule has 0 spiro atoms. The largest absolute Gasteiger partial charge is 0.410 e. The number of amides is 1. The highest BCUT2D eigenvalue weighted by molar-refractivity contribution is 6.74. The standard InChI is InChI=1S/C23H36FNO2Si/c1-16-10-9-11-17(24)20(16)23-14-12-18(25(23)19(26)13-15-23)22(5,6)27-28(7,8)21(2,3)4/h9-11,18H,12-15H2,1-8H3/t18-,23-/m1/s1. The van der Waals surface area contributed by atoms with E-state index in [2.05, 4.69) is 47.7 Å². The highest BCUT2D eigenvalue weighted by Crippen LogP contribution is 2.54. The van der Waals surface area contributed by atoms with Gasteiger partial charge in [0.05, 0.1) is 17.2 Å². The summed E-state index contributed by atoms with van der Waals surface area (Å²) in [6.45, 7) is 17.4. The SMILES string of the molecule is Cc1cccc(F)c1[C@@]12CCC(=O)N1[C@@H](C(C)(C)O[Si](C)(C)C(C)(C)C)CC2. The van der Waals surface area contributed by atoms with E-state index in [1.54, 1.807) is 6.07 Å². The third-order valence-electron chi connectivity index (χ3n) is 7.44. The van der Waals surface area contributed by atoms with Crippen LogP contribution in [0.3, 0.4) is 0 Å². The number of halogens is 1. The third-order valence-corrected chi connectivity index (χ3v) is 12.1. The highest BCUT2D eigenvalue weighted by Gasteiger charge is 2.59. The van der Waals surface area contributed by atoms with Gasteiger partial charge in [-0.15, -0.1) is 0 Å². The minimum absolute atomic E-state index is 0.0318. The van der Waals surface area contributed by atoms with Crippen molar-refractivity contribution in [3.63, 3.8) is 0 Å². The van der Waals surface area contributed by atoms with Gasteiger partial charge in [-0.25, -0.2) is 4.39 Å². The number of nitrogens with zero attached hydrogens (tertiary/aromatic N) is 1. The fourth-order valence-electron chi connectivity index (χ4n) is 5.14. The molecule has 2 aliphatic heterocycles. The maximum atomic E-state index is 15.0. The average molecular weight is 406 g/mol. The number of rotatable bonds is 4. The van der Waals surface area contributed by atoms with Crippen molar-refractivity contribution in [2.45, 2.75) is 103 Å². The maximum absolute atomic E-state index is 15.0. The molecule has 1 amide bonds. The summed E-state index contributed by atoms with van der Waals surface area (Å²) in [6.07, 6.45) is 2.83. The van der Waals surface area contributed by atoms with E-state index in [1.165, 1.54) is 6.07 Å². The van der Waals surface area contributed by atoms with Crippen molar-refractivity contribution < 1.29 is 13.6 Å². The molecule has 2 saturated heterocycles. The molecule has 5 heteroatoms. The molecule has 0 saturated carbocycles. The Morgan fingerprint density at radius 1 is 1.18 bits per heavy atom. The number of carbonyl (C=O) groups is 1. The van der Waals surface area contributed by atoms with Crippen molar-refractivity contribution in [2.75, 3.05) is 0 Å². The molecule has 0 N–H and O–H groups in total. The first-order valence-corrected chi connectivity index (χ1v) is 13.4. The molecule has 1 aromatic carbocycles. The first-order chi connectivity index (χ1) is 12.7. The zero-order valence-corrected chi connectivity index (χ0v) is 19.8. The Hall–Kier alpha value is -1.20. The van der Waals surface area contributed by atoms with Crippen LogP contribution >= 0.6 is 0 Å². The predicted molar refractivity (Wildman–Crippen MR) is 114 cm³/mol. The fraction of sp³-hybridized carbons (Fsp3) is 0.696. The summed E-state index contributed by atoms with van der Waals surface area (Å²) < 4.78 is 21.8. The van der Waals surface area contributed by atoms with E-state index in [0.717, 1.165) is 18.4 Å². The van der Waals surface area contributed by atoms with Crippen molar-refractivity contribution in [3.8, 4) is 0 Å². The van der Waals surface area contributed by atoms with Crippen LogP contribution in [-0.4, -0.2) is 30.8 Å². The molecule has 0 aliphatic carbocycles. The van der Waals surface area contributed by atoms with Crippen LogP contribution in [0.5, 0.6) is 0 Å². The van der Waals surface area contributed by atoms with Crippen molar-refractivity contribution >= 4 is 14.2 Å². The molecule has 0 aromatic heterocycles. The Labute approximate surface area is 170 Å². The zero-order valence-electron chi connectivity index (χ0n) is 18.8. The number of carbonyl (C=O) groups excluding carboxylic acids is 1. The molecule has 2 heterocycles. The maximum Gasteiger partial charge on any atom is 0.223 e. The lowest BCUT2D eigenvalue weighted by Crippen LogP contribution is -2.57. The van der Waals surface area contributed by atoms with Gasteiger partial charge in [0.1, 0.15) is 5.82 Å². The van der Waals surface area contributed by atoms with Crippen molar-refractivity contribution in [1.82, 2.24) is 4.90 Å². The minimum atomic E-state index is -2.01. The number of fused-ring (bicyclic) bond motifs is 1. The van der Waals surface area contributed by atoms with Crippen LogP contribution in [0.15, 0.2) is 18.2 Å². The number of hydrogen-bond donors (Lipinski definition) is 0. The molecule has 3 rings (SSSR count). The van der Waals surface area contributed by atoms with Gasteiger partial charge in [0.2, 0.25) is 5.91 Å². The smallest absolute Gasteiger partial charge is 0.223 e. The molecule has 3 nitrogen and oxygen atoms in total. The molecule has 156 valence electrons. The molecular weight excluding hydrogens is 369 g/mol. The van der Waals surface area contributed by atoms with E-state index in [1.807, 2.05) is 17.9 Å². The molecule has 0 unspecified atom stereocenters. The van der Waals surface area contributed by atoms with Gasteiger partial charge in [0, 0.05) is 12.0 Å². The molecule has 2 aliphatic rings. The van der Waals surface area contributed by atoms with E-state index >= 15 is 0 Å². The average Bonchev–Trinajstić information content (AvgIpc) is 3.05. The van der Waals surface area contributed by atoms with E-state index in [0.29, 0.717) is 18.4 Å². The second-order valence-electron chi connectivity index (χ2n) is 10.7. The first kappa shape index (κ1) is 21.5. The van der Waals surface area contributed by atoms with Crippen LogP contribution in [-0.2, 0) is 14.8 Å². The summed E-state index contributed by atoms with van der Waals surface area (Å²) in [5.74, 6) is -0.0551. The van der Waals surface area contributed by atoms with Gasteiger partial charge < -0.3 is 9.33 Å². The summed E-state index contributed by atoms with van der Waals surface area (Å²) in [4.78, 5) is 15.0.